The van der Waals surface area contributed by atoms with Gasteiger partial charge in [-0.25, -0.2) is 0 Å². The molecule has 0 fully saturated rings. The van der Waals surface area contributed by atoms with Gasteiger partial charge in [0.15, 0.2) is 5.96 Å². The number of nitrogens with zero attached hydrogens (tertiary/aromatic N) is 1. The minimum atomic E-state index is -0.0717. The molecular formula is C18H30N4O3. The Morgan fingerprint density at radius 2 is 1.80 bits per heavy atom. The van der Waals surface area contributed by atoms with Gasteiger partial charge in [0, 0.05) is 45.5 Å². The van der Waals surface area contributed by atoms with Gasteiger partial charge in [-0.3, -0.25) is 9.79 Å². The van der Waals surface area contributed by atoms with E-state index in [-0.39, 0.29) is 5.91 Å². The first-order valence-electron chi connectivity index (χ1n) is 8.70. The molecule has 0 aromatic heterocycles. The number of carbonyl (C=O) groups excluding carboxylic acids is 1. The molecular weight excluding hydrogens is 320 g/mol. The van der Waals surface area contributed by atoms with E-state index in [0.29, 0.717) is 45.0 Å². The van der Waals surface area contributed by atoms with E-state index in [1.54, 1.807) is 19.2 Å². The molecule has 0 aliphatic rings. The van der Waals surface area contributed by atoms with E-state index in [1.807, 2.05) is 25.1 Å². The van der Waals surface area contributed by atoms with E-state index in [0.717, 1.165) is 18.9 Å². The standard InChI is InChI=1S/C18H30N4O3/c1-3-19-18(21-10-7-13-25-15-14-24-2)22-12-11-20-17(23)16-8-5-4-6-9-16/h4-6,8-9H,3,7,10-15H2,1-2H3,(H,20,23)(H2,19,21,22). The number of rotatable bonds is 12. The molecule has 25 heavy (non-hydrogen) atoms. The maximum Gasteiger partial charge on any atom is 0.251 e. The molecule has 0 saturated carbocycles. The van der Waals surface area contributed by atoms with Crippen LogP contribution in [0.3, 0.4) is 0 Å². The van der Waals surface area contributed by atoms with Crippen molar-refractivity contribution in [2.24, 2.45) is 4.99 Å². The zero-order chi connectivity index (χ0) is 18.2. The molecule has 0 saturated heterocycles. The minimum absolute atomic E-state index is 0.0717. The van der Waals surface area contributed by atoms with Gasteiger partial charge in [-0.2, -0.15) is 0 Å². The average molecular weight is 350 g/mol. The van der Waals surface area contributed by atoms with Crippen LogP contribution in [0.25, 0.3) is 0 Å². The van der Waals surface area contributed by atoms with Gasteiger partial charge in [0.25, 0.3) is 5.91 Å². The fourth-order valence-electron chi connectivity index (χ4n) is 1.99. The van der Waals surface area contributed by atoms with E-state index < -0.39 is 0 Å². The Kier molecular flexibility index (Phi) is 11.9. The number of guanidine groups is 1. The van der Waals surface area contributed by atoms with E-state index in [9.17, 15) is 4.79 Å². The van der Waals surface area contributed by atoms with Gasteiger partial charge in [0.1, 0.15) is 0 Å². The summed E-state index contributed by atoms with van der Waals surface area (Å²) < 4.78 is 10.3. The summed E-state index contributed by atoms with van der Waals surface area (Å²) in [5, 5.41) is 9.26. The molecule has 0 aliphatic carbocycles. The lowest BCUT2D eigenvalue weighted by Crippen LogP contribution is -2.41. The summed E-state index contributed by atoms with van der Waals surface area (Å²) in [6.45, 7) is 6.50. The second kappa shape index (κ2) is 14.2. The van der Waals surface area contributed by atoms with Crippen LogP contribution in [0.2, 0.25) is 0 Å². The molecule has 1 aromatic rings. The monoisotopic (exact) mass is 350 g/mol. The fraction of sp³-hybridized carbons (Fsp3) is 0.556. The third-order valence-electron chi connectivity index (χ3n) is 3.23. The molecule has 0 unspecified atom stereocenters. The highest BCUT2D eigenvalue weighted by atomic mass is 16.5. The van der Waals surface area contributed by atoms with Crippen LogP contribution in [-0.2, 0) is 9.47 Å². The third kappa shape index (κ3) is 10.4. The SMILES string of the molecule is CCNC(=NCCCOCCOC)NCCNC(=O)c1ccccc1. The Labute approximate surface area is 150 Å². The molecule has 0 bridgehead atoms. The van der Waals surface area contributed by atoms with Gasteiger partial charge in [-0.05, 0) is 25.5 Å². The first-order chi connectivity index (χ1) is 12.3. The summed E-state index contributed by atoms with van der Waals surface area (Å²) in [7, 11) is 1.66. The highest BCUT2D eigenvalue weighted by Gasteiger charge is 2.03. The Bertz CT molecular complexity index is 494. The van der Waals surface area contributed by atoms with Gasteiger partial charge in [0.05, 0.1) is 13.2 Å². The van der Waals surface area contributed by atoms with Gasteiger partial charge in [-0.15, -0.1) is 0 Å². The highest BCUT2D eigenvalue weighted by molar-refractivity contribution is 5.94. The first-order valence-corrected chi connectivity index (χ1v) is 8.70. The van der Waals surface area contributed by atoms with Crippen molar-refractivity contribution in [3.63, 3.8) is 0 Å². The van der Waals surface area contributed by atoms with Crippen molar-refractivity contribution in [2.75, 3.05) is 53.1 Å². The molecule has 0 atom stereocenters. The van der Waals surface area contributed by atoms with Crippen molar-refractivity contribution >= 4 is 11.9 Å². The quantitative estimate of drug-likeness (QED) is 0.298. The lowest BCUT2D eigenvalue weighted by molar-refractivity contribution is 0.0702. The lowest BCUT2D eigenvalue weighted by Gasteiger charge is -2.12. The maximum atomic E-state index is 11.9. The number of amides is 1. The van der Waals surface area contributed by atoms with Crippen LogP contribution in [0.15, 0.2) is 35.3 Å². The molecule has 0 spiro atoms. The second-order valence-corrected chi connectivity index (χ2v) is 5.27. The number of benzene rings is 1. The molecule has 3 N–H and O–H groups in total. The van der Waals surface area contributed by atoms with Crippen LogP contribution >= 0.6 is 0 Å². The predicted octanol–water partition coefficient (Wildman–Crippen LogP) is 1.02. The van der Waals surface area contributed by atoms with Gasteiger partial charge in [-0.1, -0.05) is 18.2 Å². The molecule has 0 aliphatic heterocycles. The van der Waals surface area contributed by atoms with Crippen LogP contribution in [0, 0.1) is 0 Å². The van der Waals surface area contributed by atoms with Crippen molar-refractivity contribution in [2.45, 2.75) is 13.3 Å². The largest absolute Gasteiger partial charge is 0.382 e. The van der Waals surface area contributed by atoms with Gasteiger partial charge < -0.3 is 25.4 Å². The summed E-state index contributed by atoms with van der Waals surface area (Å²) >= 11 is 0. The Balaban J connectivity index is 2.19. The summed E-state index contributed by atoms with van der Waals surface area (Å²) in [6, 6.07) is 9.18. The Morgan fingerprint density at radius 1 is 1.04 bits per heavy atom. The molecule has 140 valence electrons. The van der Waals surface area contributed by atoms with E-state index in [4.69, 9.17) is 9.47 Å². The lowest BCUT2D eigenvalue weighted by atomic mass is 10.2. The number of aliphatic imine (C=N–C) groups is 1. The number of ether oxygens (including phenoxy) is 2. The van der Waals surface area contributed by atoms with Crippen LogP contribution in [0.5, 0.6) is 0 Å². The van der Waals surface area contributed by atoms with Crippen LogP contribution in [0.4, 0.5) is 0 Å². The molecule has 7 heteroatoms. The third-order valence-corrected chi connectivity index (χ3v) is 3.23. The summed E-state index contributed by atoms with van der Waals surface area (Å²) in [5.74, 6) is 0.672. The first kappa shape index (κ1) is 20.9. The van der Waals surface area contributed by atoms with Gasteiger partial charge in [0.2, 0.25) is 0 Å². The molecule has 0 heterocycles. The average Bonchev–Trinajstić information content (AvgIpc) is 2.64. The smallest absolute Gasteiger partial charge is 0.251 e. The van der Waals surface area contributed by atoms with Crippen LogP contribution in [-0.4, -0.2) is 65.0 Å². The molecule has 1 amide bonds. The molecule has 7 nitrogen and oxygen atoms in total. The number of methoxy groups -OCH3 is 1. The van der Waals surface area contributed by atoms with Crippen molar-refractivity contribution in [1.29, 1.82) is 0 Å². The van der Waals surface area contributed by atoms with E-state index in [2.05, 4.69) is 20.9 Å². The second-order valence-electron chi connectivity index (χ2n) is 5.27. The van der Waals surface area contributed by atoms with Gasteiger partial charge >= 0.3 is 0 Å². The van der Waals surface area contributed by atoms with Crippen molar-refractivity contribution < 1.29 is 14.3 Å². The number of hydrogen-bond acceptors (Lipinski definition) is 4. The Morgan fingerprint density at radius 3 is 2.52 bits per heavy atom. The molecule has 1 rings (SSSR count). The topological polar surface area (TPSA) is 84.0 Å². The molecule has 0 radical (unpaired) electrons. The fourth-order valence-corrected chi connectivity index (χ4v) is 1.99. The van der Waals surface area contributed by atoms with E-state index >= 15 is 0 Å². The van der Waals surface area contributed by atoms with Crippen LogP contribution in [0.1, 0.15) is 23.7 Å². The van der Waals surface area contributed by atoms with Crippen molar-refractivity contribution in [3.8, 4) is 0 Å². The number of carbonyl (C=O) groups is 1. The number of nitrogens with one attached hydrogen (secondary N) is 3. The minimum Gasteiger partial charge on any atom is -0.382 e. The van der Waals surface area contributed by atoms with Crippen LogP contribution < -0.4 is 16.0 Å². The van der Waals surface area contributed by atoms with Crippen molar-refractivity contribution in [1.82, 2.24) is 16.0 Å². The summed E-state index contributed by atoms with van der Waals surface area (Å²) in [6.07, 6.45) is 0.852. The maximum absolute atomic E-state index is 11.9. The predicted molar refractivity (Wildman–Crippen MR) is 100 cm³/mol. The van der Waals surface area contributed by atoms with Crippen molar-refractivity contribution in [3.05, 3.63) is 35.9 Å². The summed E-state index contributed by atoms with van der Waals surface area (Å²) in [5.41, 5.74) is 0.663. The normalized spacial score (nSPS) is 11.2. The number of hydrogen-bond donors (Lipinski definition) is 3. The Hall–Kier alpha value is -2.12. The zero-order valence-corrected chi connectivity index (χ0v) is 15.2. The highest BCUT2D eigenvalue weighted by Crippen LogP contribution is 1.97. The molecule has 1 aromatic carbocycles. The van der Waals surface area contributed by atoms with E-state index in [1.165, 1.54) is 0 Å². The summed E-state index contributed by atoms with van der Waals surface area (Å²) in [4.78, 5) is 16.4. The zero-order valence-electron chi connectivity index (χ0n) is 15.2.